The summed E-state index contributed by atoms with van der Waals surface area (Å²) in [6.45, 7) is 2.12. The molecule has 0 bridgehead atoms. The van der Waals surface area contributed by atoms with Crippen molar-refractivity contribution in [3.8, 4) is 0 Å². The normalized spacial score (nSPS) is 10.8. The van der Waals surface area contributed by atoms with Gasteiger partial charge in [-0.3, -0.25) is 19.1 Å². The fraction of sp³-hybridized carbons (Fsp3) is 0.421. The maximum Gasteiger partial charge on any atom is 0.328 e. The van der Waals surface area contributed by atoms with Crippen molar-refractivity contribution in [2.75, 3.05) is 0 Å². The first-order chi connectivity index (χ1) is 12.0. The number of aromatic amines is 1. The van der Waals surface area contributed by atoms with Gasteiger partial charge in [-0.25, -0.2) is 4.79 Å². The maximum atomic E-state index is 11.8. The van der Waals surface area contributed by atoms with Crippen LogP contribution in [0.1, 0.15) is 48.8 Å². The number of nitrogens with zero attached hydrogens (tertiary/aromatic N) is 1. The molecule has 6 heteroatoms. The Labute approximate surface area is 146 Å². The summed E-state index contributed by atoms with van der Waals surface area (Å²) < 4.78 is 1.50. The summed E-state index contributed by atoms with van der Waals surface area (Å²) in [5.41, 5.74) is 7.17. The van der Waals surface area contributed by atoms with Crippen molar-refractivity contribution >= 4 is 5.91 Å². The van der Waals surface area contributed by atoms with E-state index in [0.717, 1.165) is 37.7 Å². The summed E-state index contributed by atoms with van der Waals surface area (Å²) in [4.78, 5) is 36.2. The molecule has 134 valence electrons. The van der Waals surface area contributed by atoms with Gasteiger partial charge < -0.3 is 5.73 Å². The molecular weight excluding hydrogens is 318 g/mol. The van der Waals surface area contributed by atoms with E-state index in [2.05, 4.69) is 17.1 Å². The van der Waals surface area contributed by atoms with Crippen LogP contribution in [-0.2, 0) is 17.8 Å². The predicted molar refractivity (Wildman–Crippen MR) is 97.6 cm³/mol. The number of carbonyl (C=O) groups excluding carboxylic acids is 1. The Kier molecular flexibility index (Phi) is 6.74. The minimum Gasteiger partial charge on any atom is -0.370 e. The molecule has 0 aliphatic rings. The molecule has 0 aliphatic heterocycles. The fourth-order valence-corrected chi connectivity index (χ4v) is 2.73. The van der Waals surface area contributed by atoms with Crippen molar-refractivity contribution in [2.24, 2.45) is 5.73 Å². The first-order valence-corrected chi connectivity index (χ1v) is 8.62. The minimum atomic E-state index is -0.393. The summed E-state index contributed by atoms with van der Waals surface area (Å²) >= 11 is 0. The van der Waals surface area contributed by atoms with E-state index in [0.29, 0.717) is 18.5 Å². The lowest BCUT2D eigenvalue weighted by atomic mass is 10.0. The lowest BCUT2D eigenvalue weighted by molar-refractivity contribution is -0.118. The molecule has 3 N–H and O–H groups in total. The molecule has 1 amide bonds. The van der Waals surface area contributed by atoms with Gasteiger partial charge in [0.1, 0.15) is 0 Å². The highest BCUT2D eigenvalue weighted by molar-refractivity contribution is 5.73. The first kappa shape index (κ1) is 18.7. The monoisotopic (exact) mass is 343 g/mol. The number of H-pyrrole nitrogens is 1. The number of nitrogens with two attached hydrogens (primary N) is 1. The van der Waals surface area contributed by atoms with Gasteiger partial charge in [-0.1, -0.05) is 37.1 Å². The molecule has 0 saturated heterocycles. The quantitative estimate of drug-likeness (QED) is 0.680. The average Bonchev–Trinajstić information content (AvgIpc) is 2.57. The van der Waals surface area contributed by atoms with Crippen LogP contribution in [0.3, 0.4) is 0 Å². The summed E-state index contributed by atoms with van der Waals surface area (Å²) in [6, 6.07) is 8.16. The van der Waals surface area contributed by atoms with E-state index in [-0.39, 0.29) is 11.5 Å². The number of unbranched alkanes of at least 4 members (excludes halogenated alkanes) is 3. The standard InChI is InChI=1S/C19H25N3O3/c1-14-12-22(19(25)21-18(14)24)13-16-10-8-15(9-11-16)6-4-2-3-5-7-17(20)23/h8-12H,2-7,13H2,1H3,(H2,20,23)(H,21,24,25). The van der Waals surface area contributed by atoms with Gasteiger partial charge in [-0.15, -0.1) is 0 Å². The third kappa shape index (κ3) is 6.06. The summed E-state index contributed by atoms with van der Waals surface area (Å²) in [5.74, 6) is -0.229. The zero-order chi connectivity index (χ0) is 18.2. The number of benzene rings is 1. The predicted octanol–water partition coefficient (Wildman–Crippen LogP) is 1.87. The van der Waals surface area contributed by atoms with Gasteiger partial charge >= 0.3 is 5.69 Å². The average molecular weight is 343 g/mol. The Balaban J connectivity index is 1.84. The van der Waals surface area contributed by atoms with Crippen molar-refractivity contribution in [3.63, 3.8) is 0 Å². The van der Waals surface area contributed by atoms with Crippen LogP contribution < -0.4 is 17.0 Å². The van der Waals surface area contributed by atoms with Gasteiger partial charge in [0.05, 0.1) is 6.54 Å². The topological polar surface area (TPSA) is 97.9 Å². The highest BCUT2D eigenvalue weighted by Gasteiger charge is 2.02. The number of aromatic nitrogens is 2. The Hall–Kier alpha value is -2.63. The third-order valence-corrected chi connectivity index (χ3v) is 4.20. The molecule has 0 spiro atoms. The van der Waals surface area contributed by atoms with Crippen LogP contribution in [0.25, 0.3) is 0 Å². The van der Waals surface area contributed by atoms with Crippen LogP contribution in [0.5, 0.6) is 0 Å². The highest BCUT2D eigenvalue weighted by Crippen LogP contribution is 2.11. The van der Waals surface area contributed by atoms with Gasteiger partial charge in [-0.2, -0.15) is 0 Å². The zero-order valence-corrected chi connectivity index (χ0v) is 14.6. The molecule has 2 rings (SSSR count). The van der Waals surface area contributed by atoms with Crippen molar-refractivity contribution in [1.82, 2.24) is 9.55 Å². The molecule has 0 saturated carbocycles. The number of nitrogens with one attached hydrogen (secondary N) is 1. The molecule has 1 aromatic carbocycles. The van der Waals surface area contributed by atoms with E-state index < -0.39 is 5.69 Å². The number of hydrogen-bond donors (Lipinski definition) is 2. The third-order valence-electron chi connectivity index (χ3n) is 4.20. The number of aryl methyl sites for hydroxylation is 2. The van der Waals surface area contributed by atoms with Gasteiger partial charge in [0.2, 0.25) is 5.91 Å². The lowest BCUT2D eigenvalue weighted by Crippen LogP contribution is -2.31. The highest BCUT2D eigenvalue weighted by atomic mass is 16.2. The largest absolute Gasteiger partial charge is 0.370 e. The van der Waals surface area contributed by atoms with E-state index in [1.807, 2.05) is 12.1 Å². The molecule has 25 heavy (non-hydrogen) atoms. The molecule has 1 aromatic heterocycles. The van der Waals surface area contributed by atoms with Gasteiger partial charge in [0.25, 0.3) is 5.56 Å². The Morgan fingerprint density at radius 1 is 1.04 bits per heavy atom. The number of carbonyl (C=O) groups is 1. The fourth-order valence-electron chi connectivity index (χ4n) is 2.73. The number of amides is 1. The second kappa shape index (κ2) is 9.01. The van der Waals surface area contributed by atoms with E-state index in [4.69, 9.17) is 5.73 Å². The summed E-state index contributed by atoms with van der Waals surface area (Å²) in [5, 5.41) is 0. The van der Waals surface area contributed by atoms with Crippen molar-refractivity contribution in [3.05, 3.63) is 68.0 Å². The second-order valence-corrected chi connectivity index (χ2v) is 6.40. The van der Waals surface area contributed by atoms with Gasteiger partial charge in [0.15, 0.2) is 0 Å². The van der Waals surface area contributed by atoms with Crippen LogP contribution in [-0.4, -0.2) is 15.5 Å². The molecule has 2 aromatic rings. The molecule has 0 unspecified atom stereocenters. The van der Waals surface area contributed by atoms with E-state index >= 15 is 0 Å². The first-order valence-electron chi connectivity index (χ1n) is 8.62. The van der Waals surface area contributed by atoms with Crippen LogP contribution >= 0.6 is 0 Å². The molecular formula is C19H25N3O3. The number of rotatable bonds is 9. The van der Waals surface area contributed by atoms with Gasteiger partial charge in [-0.05, 0) is 37.3 Å². The van der Waals surface area contributed by atoms with Crippen LogP contribution in [0.2, 0.25) is 0 Å². The molecule has 0 fully saturated rings. The Morgan fingerprint density at radius 3 is 2.36 bits per heavy atom. The van der Waals surface area contributed by atoms with Gasteiger partial charge in [0, 0.05) is 18.2 Å². The smallest absolute Gasteiger partial charge is 0.328 e. The van der Waals surface area contributed by atoms with Crippen LogP contribution in [0, 0.1) is 6.92 Å². The molecule has 6 nitrogen and oxygen atoms in total. The number of hydrogen-bond acceptors (Lipinski definition) is 3. The van der Waals surface area contributed by atoms with Crippen molar-refractivity contribution < 1.29 is 4.79 Å². The second-order valence-electron chi connectivity index (χ2n) is 6.40. The summed E-state index contributed by atoms with van der Waals surface area (Å²) in [7, 11) is 0. The summed E-state index contributed by atoms with van der Waals surface area (Å²) in [6.07, 6.45) is 7.10. The van der Waals surface area contributed by atoms with Crippen molar-refractivity contribution in [1.29, 1.82) is 0 Å². The molecule has 0 atom stereocenters. The molecule has 0 aliphatic carbocycles. The van der Waals surface area contributed by atoms with E-state index in [1.165, 1.54) is 10.1 Å². The van der Waals surface area contributed by atoms with Crippen molar-refractivity contribution in [2.45, 2.75) is 52.0 Å². The zero-order valence-electron chi connectivity index (χ0n) is 14.6. The Bertz CT molecular complexity index is 819. The minimum absolute atomic E-state index is 0.229. The van der Waals surface area contributed by atoms with E-state index in [9.17, 15) is 14.4 Å². The lowest BCUT2D eigenvalue weighted by Gasteiger charge is -2.07. The Morgan fingerprint density at radius 2 is 1.68 bits per heavy atom. The SMILES string of the molecule is Cc1cn(Cc2ccc(CCCCCCC(N)=O)cc2)c(=O)[nH]c1=O. The molecule has 1 heterocycles. The molecule has 0 radical (unpaired) electrons. The van der Waals surface area contributed by atoms with Crippen LogP contribution in [0.4, 0.5) is 0 Å². The number of primary amides is 1. The maximum absolute atomic E-state index is 11.8. The van der Waals surface area contributed by atoms with Crippen LogP contribution in [0.15, 0.2) is 40.1 Å². The van der Waals surface area contributed by atoms with E-state index in [1.54, 1.807) is 13.1 Å².